The number of rotatable bonds is 2. The molecule has 1 aromatic carbocycles. The van der Waals surface area contributed by atoms with Crippen molar-refractivity contribution in [2.45, 2.75) is 39.2 Å². The smallest absolute Gasteiger partial charge is 0.211 e. The molecule has 0 unspecified atom stereocenters. The molecular formula is C19H23ClN6. The number of nitrogens with two attached hydrogens (primary N) is 1. The molecule has 0 bridgehead atoms. The number of fused-ring (bicyclic) bond motifs is 3. The number of aryl methyl sites for hydroxylation is 1. The van der Waals surface area contributed by atoms with Crippen molar-refractivity contribution in [3.63, 3.8) is 0 Å². The average Bonchev–Trinajstić information content (AvgIpc) is 3.06. The Balaban J connectivity index is 0.00000196. The molecule has 2 N–H and O–H groups in total. The summed E-state index contributed by atoms with van der Waals surface area (Å²) in [6.45, 7) is 5.99. The molecule has 3 aromatic rings. The molecule has 4 rings (SSSR count). The number of halogens is 1. The molecule has 7 heteroatoms. The molecule has 136 valence electrons. The van der Waals surface area contributed by atoms with E-state index in [-0.39, 0.29) is 18.4 Å². The molecule has 1 fully saturated rings. The maximum atomic E-state index is 9.33. The van der Waals surface area contributed by atoms with Gasteiger partial charge < -0.3 is 10.6 Å². The van der Waals surface area contributed by atoms with E-state index in [4.69, 9.17) is 10.7 Å². The van der Waals surface area contributed by atoms with E-state index in [2.05, 4.69) is 35.0 Å². The number of nitriles is 1. The number of piperidine rings is 1. The van der Waals surface area contributed by atoms with Gasteiger partial charge in [-0.2, -0.15) is 5.26 Å². The third kappa shape index (κ3) is 2.98. The van der Waals surface area contributed by atoms with Gasteiger partial charge in [0.05, 0.1) is 11.7 Å². The van der Waals surface area contributed by atoms with E-state index in [0.717, 1.165) is 59.6 Å². The van der Waals surface area contributed by atoms with Crippen LogP contribution in [0.15, 0.2) is 18.3 Å². The molecule has 6 nitrogen and oxygen atoms in total. The fourth-order valence-corrected chi connectivity index (χ4v) is 3.70. The van der Waals surface area contributed by atoms with Crippen molar-refractivity contribution >= 4 is 34.9 Å². The van der Waals surface area contributed by atoms with Gasteiger partial charge in [0.15, 0.2) is 11.3 Å². The molecule has 1 aliphatic heterocycles. The zero-order chi connectivity index (χ0) is 17.6. The van der Waals surface area contributed by atoms with Gasteiger partial charge >= 0.3 is 0 Å². The minimum atomic E-state index is -0.114. The topological polar surface area (TPSA) is 83.2 Å². The first-order chi connectivity index (χ1) is 12.1. The third-order valence-corrected chi connectivity index (χ3v) is 4.90. The van der Waals surface area contributed by atoms with Gasteiger partial charge in [0.1, 0.15) is 6.07 Å². The maximum absolute atomic E-state index is 9.33. The van der Waals surface area contributed by atoms with Crippen LogP contribution in [0.5, 0.6) is 0 Å². The lowest BCUT2D eigenvalue weighted by molar-refractivity contribution is 0.567. The average molecular weight is 371 g/mol. The molecule has 1 saturated heterocycles. The lowest BCUT2D eigenvalue weighted by atomic mass is 10.0. The number of anilines is 1. The highest BCUT2D eigenvalue weighted by molar-refractivity contribution is 5.95. The summed E-state index contributed by atoms with van der Waals surface area (Å²) in [7, 11) is 0. The van der Waals surface area contributed by atoms with Crippen LogP contribution in [-0.2, 0) is 0 Å². The predicted molar refractivity (Wildman–Crippen MR) is 106 cm³/mol. The molecule has 0 saturated carbocycles. The van der Waals surface area contributed by atoms with Gasteiger partial charge in [0.25, 0.3) is 0 Å². The van der Waals surface area contributed by atoms with Crippen LogP contribution in [0.1, 0.15) is 49.0 Å². The second-order valence-corrected chi connectivity index (χ2v) is 6.93. The Bertz CT molecular complexity index is 995. The summed E-state index contributed by atoms with van der Waals surface area (Å²) >= 11 is 0. The third-order valence-electron chi connectivity index (χ3n) is 4.90. The monoisotopic (exact) mass is 370 g/mol. The van der Waals surface area contributed by atoms with Crippen LogP contribution in [0.3, 0.4) is 0 Å². The van der Waals surface area contributed by atoms with Gasteiger partial charge in [0.2, 0.25) is 5.95 Å². The van der Waals surface area contributed by atoms with Crippen molar-refractivity contribution in [2.75, 3.05) is 18.0 Å². The first kappa shape index (κ1) is 18.4. The van der Waals surface area contributed by atoms with Crippen molar-refractivity contribution in [1.82, 2.24) is 14.4 Å². The Kier molecular flexibility index (Phi) is 5.03. The van der Waals surface area contributed by atoms with Crippen molar-refractivity contribution in [2.24, 2.45) is 5.73 Å². The summed E-state index contributed by atoms with van der Waals surface area (Å²) in [5.41, 5.74) is 10.5. The largest absolute Gasteiger partial charge is 0.342 e. The summed E-state index contributed by atoms with van der Waals surface area (Å²) in [6.07, 6.45) is 5.37. The molecule has 0 spiro atoms. The molecule has 1 atom stereocenters. The second kappa shape index (κ2) is 7.10. The number of aromatic nitrogens is 3. The molecule has 0 amide bonds. The van der Waals surface area contributed by atoms with Gasteiger partial charge in [-0.25, -0.2) is 9.97 Å². The molecule has 26 heavy (non-hydrogen) atoms. The standard InChI is InChI=1S/C19H22N6.ClH/c1-12-8-15(13(2)21)17-16(9-12)18-22-14(10-20)11-25(18)19(23-17)24-6-4-3-5-7-24;/h8-9,11,13H,3-7,21H2,1-2H3;1H/t13-;/m1./s1. The first-order valence-electron chi connectivity index (χ1n) is 8.82. The van der Waals surface area contributed by atoms with Crippen molar-refractivity contribution in [1.29, 1.82) is 5.26 Å². The summed E-state index contributed by atoms with van der Waals surface area (Å²) in [4.78, 5) is 11.8. The van der Waals surface area contributed by atoms with Gasteiger partial charge in [0, 0.05) is 24.5 Å². The minimum absolute atomic E-state index is 0. The van der Waals surface area contributed by atoms with Crippen molar-refractivity contribution in [3.05, 3.63) is 35.2 Å². The van der Waals surface area contributed by atoms with Crippen LogP contribution in [0.2, 0.25) is 0 Å². The van der Waals surface area contributed by atoms with Crippen LogP contribution in [0.4, 0.5) is 5.95 Å². The number of benzene rings is 1. The summed E-state index contributed by atoms with van der Waals surface area (Å²) in [5.74, 6) is 0.863. The predicted octanol–water partition coefficient (Wildman–Crippen LogP) is 3.49. The lowest BCUT2D eigenvalue weighted by Crippen LogP contribution is -2.32. The van der Waals surface area contributed by atoms with Crippen LogP contribution in [0.25, 0.3) is 16.6 Å². The van der Waals surface area contributed by atoms with Gasteiger partial charge in [-0.05, 0) is 50.3 Å². The number of nitrogens with zero attached hydrogens (tertiary/aromatic N) is 5. The molecule has 0 aliphatic carbocycles. The van der Waals surface area contributed by atoms with Crippen LogP contribution in [-0.4, -0.2) is 27.5 Å². The highest BCUT2D eigenvalue weighted by Gasteiger charge is 2.21. The second-order valence-electron chi connectivity index (χ2n) is 6.93. The molecule has 2 aromatic heterocycles. The zero-order valence-corrected chi connectivity index (χ0v) is 15.9. The number of imidazole rings is 1. The fourth-order valence-electron chi connectivity index (χ4n) is 3.70. The van der Waals surface area contributed by atoms with E-state index in [1.807, 2.05) is 11.3 Å². The summed E-state index contributed by atoms with van der Waals surface area (Å²) in [6, 6.07) is 6.23. The normalized spacial score (nSPS) is 15.7. The Hall–Kier alpha value is -2.36. The quantitative estimate of drug-likeness (QED) is 0.746. The van der Waals surface area contributed by atoms with Gasteiger partial charge in [-0.1, -0.05) is 6.07 Å². The van der Waals surface area contributed by atoms with E-state index in [1.165, 1.54) is 6.42 Å². The Morgan fingerprint density at radius 2 is 1.92 bits per heavy atom. The van der Waals surface area contributed by atoms with Crippen LogP contribution < -0.4 is 10.6 Å². The van der Waals surface area contributed by atoms with E-state index in [0.29, 0.717) is 5.69 Å². The Morgan fingerprint density at radius 3 is 2.58 bits per heavy atom. The van der Waals surface area contributed by atoms with Crippen LogP contribution in [0, 0.1) is 18.3 Å². The molecule has 0 radical (unpaired) electrons. The summed E-state index contributed by atoms with van der Waals surface area (Å²) < 4.78 is 1.97. The molecular weight excluding hydrogens is 348 g/mol. The van der Waals surface area contributed by atoms with Crippen LogP contribution >= 0.6 is 12.4 Å². The van der Waals surface area contributed by atoms with E-state index >= 15 is 0 Å². The van der Waals surface area contributed by atoms with Gasteiger partial charge in [-0.3, -0.25) is 4.40 Å². The Morgan fingerprint density at radius 1 is 1.19 bits per heavy atom. The SMILES string of the molecule is Cc1cc([C@@H](C)N)c2nc(N3CCCCC3)n3cc(C#N)nc3c2c1.Cl. The van der Waals surface area contributed by atoms with Gasteiger partial charge in [-0.15, -0.1) is 12.4 Å². The number of hydrogen-bond donors (Lipinski definition) is 1. The maximum Gasteiger partial charge on any atom is 0.211 e. The number of hydrogen-bond acceptors (Lipinski definition) is 5. The minimum Gasteiger partial charge on any atom is -0.342 e. The van der Waals surface area contributed by atoms with Crippen molar-refractivity contribution < 1.29 is 0 Å². The highest BCUT2D eigenvalue weighted by atomic mass is 35.5. The highest BCUT2D eigenvalue weighted by Crippen LogP contribution is 2.30. The fraction of sp³-hybridized carbons (Fsp3) is 0.421. The molecule has 3 heterocycles. The lowest BCUT2D eigenvalue weighted by Gasteiger charge is -2.28. The van der Waals surface area contributed by atoms with E-state index < -0.39 is 0 Å². The summed E-state index contributed by atoms with van der Waals surface area (Å²) in [5, 5.41) is 10.3. The first-order valence-corrected chi connectivity index (χ1v) is 8.82. The zero-order valence-electron chi connectivity index (χ0n) is 15.1. The Labute approximate surface area is 159 Å². The molecule has 1 aliphatic rings. The van der Waals surface area contributed by atoms with E-state index in [1.54, 1.807) is 6.20 Å². The van der Waals surface area contributed by atoms with Crippen molar-refractivity contribution in [3.8, 4) is 6.07 Å². The van der Waals surface area contributed by atoms with E-state index in [9.17, 15) is 5.26 Å².